The van der Waals surface area contributed by atoms with Crippen LogP contribution in [0.1, 0.15) is 12.5 Å². The van der Waals surface area contributed by atoms with Gasteiger partial charge in [0.1, 0.15) is 11.4 Å². The molecule has 1 aromatic carbocycles. The minimum atomic E-state index is 0.166. The second kappa shape index (κ2) is 8.61. The van der Waals surface area contributed by atoms with Gasteiger partial charge in [0.2, 0.25) is 0 Å². The third-order valence-electron chi connectivity index (χ3n) is 6.87. The highest BCUT2D eigenvalue weighted by atomic mass is 16.4. The van der Waals surface area contributed by atoms with Crippen molar-refractivity contribution in [2.45, 2.75) is 25.9 Å². The van der Waals surface area contributed by atoms with Crippen molar-refractivity contribution < 1.29 is 4.42 Å². The lowest BCUT2D eigenvalue weighted by Gasteiger charge is -2.50. The van der Waals surface area contributed by atoms with Crippen molar-refractivity contribution in [3.8, 4) is 11.3 Å². The fraction of sp³-hybridized carbons (Fsp3) is 0.400. The number of anilines is 1. The first-order valence-electron chi connectivity index (χ1n) is 11.5. The minimum absolute atomic E-state index is 0.166. The minimum Gasteiger partial charge on any atom is -0.424 e. The Labute approximate surface area is 194 Å². The normalized spacial score (nSPS) is 20.9. The van der Waals surface area contributed by atoms with Crippen molar-refractivity contribution >= 4 is 28.8 Å². The Balaban J connectivity index is 1.34. The van der Waals surface area contributed by atoms with Gasteiger partial charge in [0.05, 0.1) is 5.69 Å². The Hall–Kier alpha value is -3.23. The number of oxazole rings is 1. The summed E-state index contributed by atoms with van der Waals surface area (Å²) in [4.78, 5) is 21.3. The van der Waals surface area contributed by atoms with Crippen LogP contribution in [0.15, 0.2) is 52.4 Å². The summed E-state index contributed by atoms with van der Waals surface area (Å²) in [5.74, 6) is 1.58. The maximum atomic E-state index is 5.68. The van der Waals surface area contributed by atoms with E-state index >= 15 is 0 Å². The molecular weight excluding hydrogens is 414 g/mol. The maximum Gasteiger partial charge on any atom is 0.292 e. The molecule has 8 heteroatoms. The van der Waals surface area contributed by atoms with E-state index in [1.54, 1.807) is 0 Å². The van der Waals surface area contributed by atoms with E-state index in [1.807, 2.05) is 43.3 Å². The number of nitrogen functional groups attached to an aromatic ring is 1. The van der Waals surface area contributed by atoms with Crippen LogP contribution in [0.4, 0.5) is 11.8 Å². The molecule has 0 aliphatic carbocycles. The van der Waals surface area contributed by atoms with Crippen LogP contribution in [-0.2, 0) is 0 Å². The van der Waals surface area contributed by atoms with Crippen LogP contribution in [-0.4, -0.2) is 82.4 Å². The van der Waals surface area contributed by atoms with Crippen LogP contribution in [0.5, 0.6) is 0 Å². The molecule has 33 heavy (non-hydrogen) atoms. The Bertz CT molecular complexity index is 1210. The molecule has 0 unspecified atom stereocenters. The summed E-state index contributed by atoms with van der Waals surface area (Å²) < 4.78 is 5.38. The van der Waals surface area contributed by atoms with Crippen molar-refractivity contribution in [1.82, 2.24) is 24.7 Å². The van der Waals surface area contributed by atoms with Crippen LogP contribution in [0.25, 0.3) is 22.4 Å². The van der Waals surface area contributed by atoms with Crippen LogP contribution >= 0.6 is 0 Å². The zero-order valence-electron chi connectivity index (χ0n) is 19.5. The van der Waals surface area contributed by atoms with Crippen molar-refractivity contribution in [2.24, 2.45) is 4.99 Å². The highest BCUT2D eigenvalue weighted by molar-refractivity contribution is 5.95. The predicted molar refractivity (Wildman–Crippen MR) is 133 cm³/mol. The highest BCUT2D eigenvalue weighted by Gasteiger charge is 2.35. The van der Waals surface area contributed by atoms with Gasteiger partial charge < -0.3 is 20.0 Å². The average molecular weight is 446 g/mol. The third kappa shape index (κ3) is 4.24. The Morgan fingerprint density at radius 1 is 1.18 bits per heavy atom. The number of pyridine rings is 1. The van der Waals surface area contributed by atoms with E-state index in [1.165, 1.54) is 0 Å². The molecular formula is C25H31N7O. The number of amidine groups is 1. The molecule has 0 saturated carbocycles. The van der Waals surface area contributed by atoms with E-state index in [9.17, 15) is 0 Å². The van der Waals surface area contributed by atoms with Crippen LogP contribution in [0, 0.1) is 6.92 Å². The van der Waals surface area contributed by atoms with Crippen LogP contribution in [0.3, 0.4) is 0 Å². The Morgan fingerprint density at radius 2 is 2.00 bits per heavy atom. The molecule has 8 nitrogen and oxygen atoms in total. The average Bonchev–Trinajstić information content (AvgIpc) is 3.14. The third-order valence-corrected chi connectivity index (χ3v) is 6.87. The monoisotopic (exact) mass is 445 g/mol. The van der Waals surface area contributed by atoms with E-state index in [0.29, 0.717) is 29.0 Å². The van der Waals surface area contributed by atoms with Gasteiger partial charge in [-0.3, -0.25) is 4.90 Å². The largest absolute Gasteiger partial charge is 0.424 e. The first kappa shape index (κ1) is 21.6. The lowest BCUT2D eigenvalue weighted by molar-refractivity contribution is 0.0207. The number of rotatable bonds is 4. The molecule has 3 aromatic rings. The molecule has 2 aliphatic heterocycles. The van der Waals surface area contributed by atoms with Crippen molar-refractivity contribution in [3.05, 3.63) is 48.6 Å². The van der Waals surface area contributed by atoms with Crippen LogP contribution in [0.2, 0.25) is 0 Å². The molecule has 1 atom stereocenters. The van der Waals surface area contributed by atoms with Crippen LogP contribution < -0.4 is 5.73 Å². The standard InChI is InChI=1S/C25H31N7O/c1-5-23(32-14-19(15-32)31-11-10-30(4)17(3)13-31)29-24-16(2)6-8-20(27-24)18-7-9-22-21(12-18)28-25(26)33-22/h5-9,12,17,19H,1,10-11,13-15H2,2-4H3,(H2,26,28)/b29-23+/t17-/m0/s1. The van der Waals surface area contributed by atoms with Crippen molar-refractivity contribution in [1.29, 1.82) is 0 Å². The molecule has 0 radical (unpaired) electrons. The number of hydrogen-bond acceptors (Lipinski definition) is 7. The van der Waals surface area contributed by atoms with E-state index in [-0.39, 0.29) is 6.01 Å². The summed E-state index contributed by atoms with van der Waals surface area (Å²) in [6, 6.07) is 11.2. The maximum absolute atomic E-state index is 5.68. The Kier molecular flexibility index (Phi) is 5.64. The van der Waals surface area contributed by atoms with Gasteiger partial charge in [0.15, 0.2) is 11.4 Å². The number of nitrogens with two attached hydrogens (primary N) is 1. The first-order valence-corrected chi connectivity index (χ1v) is 11.5. The summed E-state index contributed by atoms with van der Waals surface area (Å²) in [5.41, 5.74) is 9.86. The number of fused-ring (bicyclic) bond motifs is 1. The van der Waals surface area contributed by atoms with E-state index in [0.717, 1.165) is 55.4 Å². The molecule has 2 N–H and O–H groups in total. The number of aryl methyl sites for hydroxylation is 1. The predicted octanol–water partition coefficient (Wildman–Crippen LogP) is 3.32. The van der Waals surface area contributed by atoms with Gasteiger partial charge in [0.25, 0.3) is 6.01 Å². The number of likely N-dealkylation sites (tertiary alicyclic amines) is 1. The van der Waals surface area contributed by atoms with Gasteiger partial charge in [-0.2, -0.15) is 4.98 Å². The zero-order valence-corrected chi connectivity index (χ0v) is 19.5. The highest BCUT2D eigenvalue weighted by Crippen LogP contribution is 2.28. The molecule has 5 rings (SSSR count). The lowest BCUT2D eigenvalue weighted by Crippen LogP contribution is -2.65. The fourth-order valence-electron chi connectivity index (χ4n) is 4.53. The lowest BCUT2D eigenvalue weighted by atomic mass is 10.0. The molecule has 2 fully saturated rings. The molecule has 2 aromatic heterocycles. The fourth-order valence-corrected chi connectivity index (χ4v) is 4.53. The number of aromatic nitrogens is 2. The van der Waals surface area contributed by atoms with E-state index in [2.05, 4.69) is 40.2 Å². The summed E-state index contributed by atoms with van der Waals surface area (Å²) in [7, 11) is 2.21. The molecule has 0 bridgehead atoms. The second-order valence-electron chi connectivity index (χ2n) is 9.13. The van der Waals surface area contributed by atoms with Gasteiger partial charge in [0, 0.05) is 50.4 Å². The number of nitrogens with zero attached hydrogens (tertiary/aromatic N) is 6. The number of aliphatic imine (C=N–C) groups is 1. The van der Waals surface area contributed by atoms with Gasteiger partial charge >= 0.3 is 0 Å². The van der Waals surface area contributed by atoms with Crippen molar-refractivity contribution in [3.63, 3.8) is 0 Å². The number of benzene rings is 1. The van der Waals surface area contributed by atoms with E-state index < -0.39 is 0 Å². The number of likely N-dealkylation sites (N-methyl/N-ethyl adjacent to an activating group) is 1. The summed E-state index contributed by atoms with van der Waals surface area (Å²) in [5, 5.41) is 0. The first-order chi connectivity index (χ1) is 15.9. The zero-order chi connectivity index (χ0) is 23.1. The molecule has 0 spiro atoms. The quantitative estimate of drug-likeness (QED) is 0.487. The number of piperazine rings is 1. The SMILES string of the molecule is C=C/C(=N\c1nc(-c2ccc3oc(N)nc3c2)ccc1C)N1CC(N2CCN(C)[C@@H](C)C2)C1. The smallest absolute Gasteiger partial charge is 0.292 e. The van der Waals surface area contributed by atoms with Gasteiger partial charge in [-0.05, 0) is 56.8 Å². The summed E-state index contributed by atoms with van der Waals surface area (Å²) in [6.07, 6.45) is 1.83. The summed E-state index contributed by atoms with van der Waals surface area (Å²) in [6.45, 7) is 13.7. The molecule has 2 saturated heterocycles. The summed E-state index contributed by atoms with van der Waals surface area (Å²) >= 11 is 0. The molecule has 2 aliphatic rings. The van der Waals surface area contributed by atoms with E-state index in [4.69, 9.17) is 20.1 Å². The molecule has 4 heterocycles. The van der Waals surface area contributed by atoms with Gasteiger partial charge in [-0.1, -0.05) is 12.6 Å². The van der Waals surface area contributed by atoms with Gasteiger partial charge in [-0.25, -0.2) is 9.98 Å². The topological polar surface area (TPSA) is 87.0 Å². The Morgan fingerprint density at radius 3 is 2.76 bits per heavy atom. The molecule has 172 valence electrons. The molecule has 0 amide bonds. The van der Waals surface area contributed by atoms with Crippen molar-refractivity contribution in [2.75, 3.05) is 45.5 Å². The number of hydrogen-bond donors (Lipinski definition) is 1. The van der Waals surface area contributed by atoms with Gasteiger partial charge in [-0.15, -0.1) is 0 Å². The second-order valence-corrected chi connectivity index (χ2v) is 9.13.